The van der Waals surface area contributed by atoms with Crippen LogP contribution in [0.15, 0.2) is 0 Å². The molecule has 0 bridgehead atoms. The first-order valence-corrected chi connectivity index (χ1v) is 3.94. The van der Waals surface area contributed by atoms with Gasteiger partial charge in [-0.3, -0.25) is 9.59 Å². The quantitative estimate of drug-likeness (QED) is 0.426. The summed E-state index contributed by atoms with van der Waals surface area (Å²) in [6.45, 7) is 8.77. The van der Waals surface area contributed by atoms with E-state index in [0.29, 0.717) is 0 Å². The first-order chi connectivity index (χ1) is 6.25. The van der Waals surface area contributed by atoms with Gasteiger partial charge in [-0.2, -0.15) is 0 Å². The van der Waals surface area contributed by atoms with Gasteiger partial charge in [0.1, 0.15) is 11.6 Å². The van der Waals surface area contributed by atoms with Crippen LogP contribution in [0, 0.1) is 13.8 Å². The molecule has 80 valence electrons. The van der Waals surface area contributed by atoms with Crippen molar-refractivity contribution in [3.63, 3.8) is 0 Å². The van der Waals surface area contributed by atoms with Crippen molar-refractivity contribution in [3.8, 4) is 0 Å². The first kappa shape index (κ1) is 19.6. The summed E-state index contributed by atoms with van der Waals surface area (Å²) in [5.41, 5.74) is 0. The fourth-order valence-electron chi connectivity index (χ4n) is 0.555. The van der Waals surface area contributed by atoms with Gasteiger partial charge in [-0.25, -0.2) is 0 Å². The normalized spacial score (nSPS) is 7.60. The third-order valence-corrected chi connectivity index (χ3v) is 0.892. The molecule has 0 fully saturated rings. The minimum atomic E-state index is -0.312. The van der Waals surface area contributed by atoms with Gasteiger partial charge in [0.15, 0.2) is 0 Å². The van der Waals surface area contributed by atoms with Crippen LogP contribution in [-0.4, -0.2) is 23.1 Å². The maximum Gasteiger partial charge on any atom is 2.00 e. The summed E-state index contributed by atoms with van der Waals surface area (Å²) in [5.74, 6) is -0.875. The molecule has 0 aliphatic carbocycles. The van der Waals surface area contributed by atoms with Crippen molar-refractivity contribution in [3.05, 3.63) is 13.8 Å². The van der Waals surface area contributed by atoms with Crippen LogP contribution in [0.3, 0.4) is 0 Å². The van der Waals surface area contributed by atoms with Crippen LogP contribution in [0.2, 0.25) is 0 Å². The van der Waals surface area contributed by atoms with Crippen LogP contribution in [0.25, 0.3) is 0 Å². The number of hydrogen-bond donors (Lipinski definition) is 0. The Morgan fingerprint density at radius 2 is 1.00 bits per heavy atom. The Morgan fingerprint density at radius 3 is 1.00 bits per heavy atom. The Bertz CT molecular complexity index is 196. The summed E-state index contributed by atoms with van der Waals surface area (Å²) in [6.07, 6.45) is -0.0556. The molecular formula is C10H14O4Zn. The average Bonchev–Trinajstić information content (AvgIpc) is 1.79. The van der Waals surface area contributed by atoms with Crippen molar-refractivity contribution in [1.29, 1.82) is 0 Å². The van der Waals surface area contributed by atoms with Crippen molar-refractivity contribution in [1.82, 2.24) is 0 Å². The molecule has 4 nitrogen and oxygen atoms in total. The van der Waals surface area contributed by atoms with Crippen LogP contribution >= 0.6 is 0 Å². The van der Waals surface area contributed by atoms with E-state index in [4.69, 9.17) is 0 Å². The summed E-state index contributed by atoms with van der Waals surface area (Å²) in [4.78, 5) is 39.8. The van der Waals surface area contributed by atoms with E-state index in [2.05, 4.69) is 13.8 Å². The van der Waals surface area contributed by atoms with E-state index in [1.807, 2.05) is 0 Å². The van der Waals surface area contributed by atoms with Gasteiger partial charge < -0.3 is 23.4 Å². The molecule has 0 aliphatic rings. The van der Waals surface area contributed by atoms with E-state index in [1.54, 1.807) is 0 Å². The zero-order valence-corrected chi connectivity index (χ0v) is 12.1. The molecule has 0 saturated heterocycles. The number of hydrogen-bond acceptors (Lipinski definition) is 4. The van der Waals surface area contributed by atoms with Crippen LogP contribution in [-0.2, 0) is 38.7 Å². The van der Waals surface area contributed by atoms with E-state index in [-0.39, 0.29) is 55.5 Å². The van der Waals surface area contributed by atoms with Crippen LogP contribution in [0.5, 0.6) is 0 Å². The second kappa shape index (κ2) is 11.1. The fraction of sp³-hybridized carbons (Fsp3) is 0.400. The summed E-state index contributed by atoms with van der Waals surface area (Å²) in [6, 6.07) is 0. The Morgan fingerprint density at radius 1 is 0.800 bits per heavy atom. The first-order valence-electron chi connectivity index (χ1n) is 3.94. The Hall–Kier alpha value is -0.957. The molecule has 0 rings (SSSR count). The summed E-state index contributed by atoms with van der Waals surface area (Å²) < 4.78 is 0. The third kappa shape index (κ3) is 32.1. The molecule has 0 aromatic heterocycles. The zero-order valence-electron chi connectivity index (χ0n) is 9.17. The molecule has 0 saturated carbocycles. The topological polar surface area (TPSA) is 68.3 Å². The van der Waals surface area contributed by atoms with Crippen molar-refractivity contribution < 1.29 is 38.7 Å². The maximum atomic E-state index is 9.99. The molecule has 0 N–H and O–H groups in total. The van der Waals surface area contributed by atoms with E-state index in [0.717, 1.165) is 0 Å². The molecule has 0 atom stereocenters. The zero-order chi connectivity index (χ0) is 11.7. The molecular weight excluding hydrogens is 249 g/mol. The average molecular weight is 264 g/mol. The molecule has 0 spiro atoms. The standard InChI is InChI=1S/2C5H7O2.Zn/c2*1-4(6)3-5(2)7;/h2*1,3H2,2H3;/q2*-1;+2. The number of rotatable bonds is 4. The van der Waals surface area contributed by atoms with Gasteiger partial charge in [-0.1, -0.05) is 0 Å². The van der Waals surface area contributed by atoms with Crippen molar-refractivity contribution in [2.24, 2.45) is 0 Å². The molecule has 0 unspecified atom stereocenters. The predicted octanol–water partition coefficient (Wildman–Crippen LogP) is 0.735. The molecule has 5 heteroatoms. The number of ketones is 4. The smallest absolute Gasteiger partial charge is 0.339 e. The second-order valence-corrected chi connectivity index (χ2v) is 2.83. The van der Waals surface area contributed by atoms with Crippen molar-refractivity contribution >= 4 is 23.1 Å². The molecule has 0 aromatic rings. The SMILES string of the molecule is [CH2-]C(=O)CC(C)=O.[CH2-]C(=O)CC(C)=O.[Zn+2]. The minimum Gasteiger partial charge on any atom is -0.339 e. The Labute approximate surface area is 103 Å². The fourth-order valence-corrected chi connectivity index (χ4v) is 0.555. The minimum absolute atomic E-state index is 0. The van der Waals surface area contributed by atoms with E-state index >= 15 is 0 Å². The molecule has 0 amide bonds. The number of Topliss-reactive ketones (excluding diaryl/α,β-unsaturated/α-hetero) is 4. The number of carbonyl (C=O) groups excluding carboxylic acids is 4. The van der Waals surface area contributed by atoms with Crippen molar-refractivity contribution in [2.75, 3.05) is 0 Å². The summed E-state index contributed by atoms with van der Waals surface area (Å²) in [5, 5.41) is 0. The van der Waals surface area contributed by atoms with Gasteiger partial charge in [0, 0.05) is 24.4 Å². The summed E-state index contributed by atoms with van der Waals surface area (Å²) >= 11 is 0. The van der Waals surface area contributed by atoms with E-state index in [9.17, 15) is 19.2 Å². The molecule has 15 heavy (non-hydrogen) atoms. The Kier molecular flexibility index (Phi) is 14.5. The third-order valence-electron chi connectivity index (χ3n) is 0.892. The Balaban J connectivity index is -0.000000180. The van der Waals surface area contributed by atoms with Gasteiger partial charge >= 0.3 is 19.5 Å². The molecule has 0 aromatic carbocycles. The summed E-state index contributed by atoms with van der Waals surface area (Å²) in [7, 11) is 0. The van der Waals surface area contributed by atoms with E-state index in [1.165, 1.54) is 13.8 Å². The van der Waals surface area contributed by atoms with Crippen molar-refractivity contribution in [2.45, 2.75) is 26.7 Å². The van der Waals surface area contributed by atoms with Gasteiger partial charge in [0.05, 0.1) is 0 Å². The van der Waals surface area contributed by atoms with Gasteiger partial charge in [0.25, 0.3) is 0 Å². The van der Waals surface area contributed by atoms with Gasteiger partial charge in [0.2, 0.25) is 0 Å². The van der Waals surface area contributed by atoms with Gasteiger partial charge in [-0.15, -0.1) is 0 Å². The van der Waals surface area contributed by atoms with E-state index < -0.39 is 0 Å². The molecule has 0 heterocycles. The molecule has 0 aliphatic heterocycles. The predicted molar refractivity (Wildman–Crippen MR) is 51.3 cm³/mol. The van der Waals surface area contributed by atoms with Gasteiger partial charge in [-0.05, 0) is 13.8 Å². The largest absolute Gasteiger partial charge is 2.00 e. The van der Waals surface area contributed by atoms with Crippen LogP contribution in [0.4, 0.5) is 0 Å². The maximum absolute atomic E-state index is 9.99. The number of carbonyl (C=O) groups is 4. The second-order valence-electron chi connectivity index (χ2n) is 2.83. The van der Waals surface area contributed by atoms with Crippen LogP contribution in [0.1, 0.15) is 26.7 Å². The molecule has 0 radical (unpaired) electrons. The monoisotopic (exact) mass is 262 g/mol. The van der Waals surface area contributed by atoms with Crippen LogP contribution < -0.4 is 0 Å².